The molecule has 0 heterocycles. The summed E-state index contributed by atoms with van der Waals surface area (Å²) in [5.74, 6) is 0.789. The Balaban J connectivity index is 1.39. The van der Waals surface area contributed by atoms with Crippen molar-refractivity contribution in [1.29, 1.82) is 0 Å². The molecule has 0 aromatic heterocycles. The molecule has 0 atom stereocenters. The number of ether oxygens (including phenoxy) is 1. The van der Waals surface area contributed by atoms with Gasteiger partial charge in [0, 0.05) is 31.6 Å². The van der Waals surface area contributed by atoms with Crippen LogP contribution in [0.15, 0.2) is 78.9 Å². The normalized spacial score (nSPS) is 20.5. The van der Waals surface area contributed by atoms with Crippen LogP contribution in [0, 0.1) is 0 Å². The van der Waals surface area contributed by atoms with Gasteiger partial charge < -0.3 is 10.1 Å². The third-order valence-corrected chi connectivity index (χ3v) is 8.21. The van der Waals surface area contributed by atoms with E-state index in [1.165, 1.54) is 23.7 Å². The van der Waals surface area contributed by atoms with Crippen LogP contribution in [0.2, 0.25) is 0 Å². The fraction of sp³-hybridized carbons (Fsp3) is 0.357. The molecule has 0 radical (unpaired) electrons. The van der Waals surface area contributed by atoms with Gasteiger partial charge in [0.25, 0.3) is 10.2 Å². The minimum absolute atomic E-state index is 0.270. The Morgan fingerprint density at radius 2 is 1.60 bits per heavy atom. The molecule has 7 heteroatoms. The number of methoxy groups -OCH3 is 1. The van der Waals surface area contributed by atoms with Crippen LogP contribution in [-0.2, 0) is 22.2 Å². The van der Waals surface area contributed by atoms with E-state index in [1.807, 2.05) is 24.3 Å². The fourth-order valence-electron chi connectivity index (χ4n) is 4.91. The molecule has 1 aliphatic carbocycles. The van der Waals surface area contributed by atoms with E-state index < -0.39 is 10.2 Å². The Morgan fingerprint density at radius 1 is 0.914 bits per heavy atom. The third-order valence-electron chi connectivity index (χ3n) is 7.15. The molecule has 6 nitrogen and oxygen atoms in total. The average molecular weight is 494 g/mol. The summed E-state index contributed by atoms with van der Waals surface area (Å²) in [7, 11) is -0.431. The molecular weight excluding hydrogens is 458 g/mol. The van der Waals surface area contributed by atoms with Gasteiger partial charge in [-0.2, -0.15) is 8.42 Å². The molecule has 1 fully saturated rings. The third kappa shape index (κ3) is 6.49. The number of hydrogen-bond acceptors (Lipinski definition) is 4. The van der Waals surface area contributed by atoms with E-state index in [0.29, 0.717) is 12.6 Å². The summed E-state index contributed by atoms with van der Waals surface area (Å²) >= 11 is 0. The van der Waals surface area contributed by atoms with Crippen LogP contribution >= 0.6 is 0 Å². The molecule has 186 valence electrons. The Morgan fingerprint density at radius 3 is 2.26 bits per heavy atom. The monoisotopic (exact) mass is 493 g/mol. The summed E-state index contributed by atoms with van der Waals surface area (Å²) in [5.41, 5.74) is 4.55. The molecule has 1 saturated carbocycles. The van der Waals surface area contributed by atoms with Gasteiger partial charge >= 0.3 is 0 Å². The lowest BCUT2D eigenvalue weighted by molar-refractivity contribution is 0.245. The predicted octanol–water partition coefficient (Wildman–Crippen LogP) is 4.39. The summed E-state index contributed by atoms with van der Waals surface area (Å²) in [6.07, 6.45) is 3.72. The summed E-state index contributed by atoms with van der Waals surface area (Å²) in [4.78, 5) is 0. The zero-order valence-corrected chi connectivity index (χ0v) is 21.3. The van der Waals surface area contributed by atoms with Crippen LogP contribution < -0.4 is 19.5 Å². The van der Waals surface area contributed by atoms with Crippen LogP contribution in [0.4, 0.5) is 0 Å². The molecule has 1 aliphatic rings. The lowest BCUT2D eigenvalue weighted by atomic mass is 9.68. The lowest BCUT2D eigenvalue weighted by Crippen LogP contribution is -2.48. The molecule has 3 N–H and O–H groups in total. The number of hydrogen-bond donors (Lipinski definition) is 3. The number of benzene rings is 3. The van der Waals surface area contributed by atoms with Gasteiger partial charge in [-0.15, -0.1) is 0 Å². The van der Waals surface area contributed by atoms with E-state index in [2.05, 4.69) is 69.4 Å². The van der Waals surface area contributed by atoms with Crippen LogP contribution in [0.5, 0.6) is 5.75 Å². The van der Waals surface area contributed by atoms with E-state index >= 15 is 0 Å². The van der Waals surface area contributed by atoms with Crippen molar-refractivity contribution in [2.24, 2.45) is 0 Å². The van der Waals surface area contributed by atoms with Crippen molar-refractivity contribution in [1.82, 2.24) is 14.8 Å². The number of nitrogens with one attached hydrogen (secondary N) is 3. The first-order chi connectivity index (χ1) is 16.9. The van der Waals surface area contributed by atoms with Gasteiger partial charge in [0.15, 0.2) is 0 Å². The molecular formula is C28H35N3O3S. The first-order valence-electron chi connectivity index (χ1n) is 12.1. The molecule has 35 heavy (non-hydrogen) atoms. The van der Waals surface area contributed by atoms with Crippen molar-refractivity contribution in [2.75, 3.05) is 20.7 Å². The molecule has 0 aliphatic heterocycles. The van der Waals surface area contributed by atoms with Crippen molar-refractivity contribution in [2.45, 2.75) is 43.7 Å². The molecule has 4 rings (SSSR count). The highest BCUT2D eigenvalue weighted by Gasteiger charge is 2.37. The zero-order chi connectivity index (χ0) is 24.7. The molecule has 0 spiro atoms. The Bertz CT molecular complexity index is 1190. The standard InChI is InChI=1S/C28H35N3O3S/c1-29-35(32,33)31-21-28(25-9-6-10-27(19-25)34-2)17-15-26(16-18-28)30-20-22-11-13-24(14-12-22)23-7-4-3-5-8-23/h3-14,19,26,29-31H,15-18,20-21H2,1-2H3. The molecule has 0 saturated heterocycles. The number of rotatable bonds is 10. The first-order valence-corrected chi connectivity index (χ1v) is 13.6. The second kappa shape index (κ2) is 11.4. The predicted molar refractivity (Wildman–Crippen MR) is 142 cm³/mol. The SMILES string of the molecule is CNS(=O)(=O)NCC1(c2cccc(OC)c2)CCC(NCc2ccc(-c3ccccc3)cc2)CC1. The summed E-state index contributed by atoms with van der Waals surface area (Å²) in [6, 6.07) is 27.5. The molecule has 0 unspecified atom stereocenters. The Labute approximate surface area is 209 Å². The van der Waals surface area contributed by atoms with Crippen molar-refractivity contribution in [3.63, 3.8) is 0 Å². The lowest BCUT2D eigenvalue weighted by Gasteiger charge is -2.41. The average Bonchev–Trinajstić information content (AvgIpc) is 2.92. The maximum atomic E-state index is 12.1. The zero-order valence-electron chi connectivity index (χ0n) is 20.5. The van der Waals surface area contributed by atoms with E-state index in [4.69, 9.17) is 4.74 Å². The molecule has 0 bridgehead atoms. The quantitative estimate of drug-likeness (QED) is 0.392. The van der Waals surface area contributed by atoms with Gasteiger partial charge in [-0.05, 0) is 60.1 Å². The van der Waals surface area contributed by atoms with Crippen molar-refractivity contribution < 1.29 is 13.2 Å². The van der Waals surface area contributed by atoms with Crippen LogP contribution in [0.25, 0.3) is 11.1 Å². The van der Waals surface area contributed by atoms with Crippen molar-refractivity contribution >= 4 is 10.2 Å². The van der Waals surface area contributed by atoms with Gasteiger partial charge in [0.1, 0.15) is 5.75 Å². The van der Waals surface area contributed by atoms with Crippen LogP contribution in [-0.4, -0.2) is 35.2 Å². The van der Waals surface area contributed by atoms with Crippen molar-refractivity contribution in [3.05, 3.63) is 90.0 Å². The van der Waals surface area contributed by atoms with Crippen LogP contribution in [0.1, 0.15) is 36.8 Å². The maximum Gasteiger partial charge on any atom is 0.276 e. The summed E-state index contributed by atoms with van der Waals surface area (Å²) in [6.45, 7) is 1.18. The van der Waals surface area contributed by atoms with E-state index in [9.17, 15) is 8.42 Å². The largest absolute Gasteiger partial charge is 0.497 e. The molecule has 3 aromatic rings. The summed E-state index contributed by atoms with van der Waals surface area (Å²) < 4.78 is 34.8. The van der Waals surface area contributed by atoms with Crippen LogP contribution in [0.3, 0.4) is 0 Å². The van der Waals surface area contributed by atoms with Gasteiger partial charge in [0.05, 0.1) is 7.11 Å². The first kappa shape index (κ1) is 25.4. The second-order valence-corrected chi connectivity index (χ2v) is 11.0. The smallest absolute Gasteiger partial charge is 0.276 e. The Hall–Kier alpha value is -2.71. The van der Waals surface area contributed by atoms with Gasteiger partial charge in [0.2, 0.25) is 0 Å². The summed E-state index contributed by atoms with van der Waals surface area (Å²) in [5, 5.41) is 3.72. The van der Waals surface area contributed by atoms with Gasteiger partial charge in [-0.1, -0.05) is 66.7 Å². The topological polar surface area (TPSA) is 79.5 Å². The molecule has 3 aromatic carbocycles. The molecule has 0 amide bonds. The highest BCUT2D eigenvalue weighted by molar-refractivity contribution is 7.87. The van der Waals surface area contributed by atoms with E-state index in [0.717, 1.165) is 43.5 Å². The van der Waals surface area contributed by atoms with Gasteiger partial charge in [-0.3, -0.25) is 0 Å². The maximum absolute atomic E-state index is 12.1. The Kier molecular flexibility index (Phi) is 8.23. The van der Waals surface area contributed by atoms with E-state index in [1.54, 1.807) is 7.11 Å². The fourth-order valence-corrected chi connectivity index (χ4v) is 5.52. The second-order valence-electron chi connectivity index (χ2n) is 9.26. The minimum atomic E-state index is -3.51. The minimum Gasteiger partial charge on any atom is -0.497 e. The highest BCUT2D eigenvalue weighted by Crippen LogP contribution is 2.40. The van der Waals surface area contributed by atoms with Gasteiger partial charge in [-0.25, -0.2) is 9.44 Å². The van der Waals surface area contributed by atoms with E-state index in [-0.39, 0.29) is 5.41 Å². The van der Waals surface area contributed by atoms with Crippen molar-refractivity contribution in [3.8, 4) is 16.9 Å². The highest BCUT2D eigenvalue weighted by atomic mass is 32.2.